The molecular formula is C21H35NO3. The van der Waals surface area contributed by atoms with Crippen LogP contribution in [0.15, 0.2) is 24.3 Å². The van der Waals surface area contributed by atoms with E-state index < -0.39 is 0 Å². The molecule has 0 fully saturated rings. The van der Waals surface area contributed by atoms with Crippen LogP contribution in [0, 0.1) is 0 Å². The zero-order chi connectivity index (χ0) is 18.3. The van der Waals surface area contributed by atoms with Gasteiger partial charge in [-0.25, -0.2) is 4.79 Å². The number of hydrogen-bond acceptors (Lipinski definition) is 4. The van der Waals surface area contributed by atoms with Gasteiger partial charge in [0.25, 0.3) is 0 Å². The molecule has 0 heterocycles. The topological polar surface area (TPSA) is 49.8 Å². The third kappa shape index (κ3) is 10.1. The van der Waals surface area contributed by atoms with Gasteiger partial charge in [0.2, 0.25) is 0 Å². The zero-order valence-corrected chi connectivity index (χ0v) is 16.0. The van der Waals surface area contributed by atoms with Gasteiger partial charge in [-0.05, 0) is 37.1 Å². The SMILES string of the molecule is CN(C)c1ccc(C(=O)OCCCCCCCCCCCCO)cc1. The molecule has 0 aliphatic rings. The summed E-state index contributed by atoms with van der Waals surface area (Å²) in [6.45, 7) is 0.835. The van der Waals surface area contributed by atoms with Gasteiger partial charge in [0.1, 0.15) is 0 Å². The van der Waals surface area contributed by atoms with Gasteiger partial charge in [-0.15, -0.1) is 0 Å². The summed E-state index contributed by atoms with van der Waals surface area (Å²) in [5.41, 5.74) is 1.69. The van der Waals surface area contributed by atoms with Crippen molar-refractivity contribution in [3.05, 3.63) is 29.8 Å². The molecule has 142 valence electrons. The van der Waals surface area contributed by atoms with E-state index in [2.05, 4.69) is 0 Å². The van der Waals surface area contributed by atoms with Gasteiger partial charge in [-0.2, -0.15) is 0 Å². The maximum atomic E-state index is 12.0. The first-order valence-corrected chi connectivity index (χ1v) is 9.70. The molecule has 0 spiro atoms. The Bertz CT molecular complexity index is 457. The number of aliphatic hydroxyl groups excluding tert-OH is 1. The lowest BCUT2D eigenvalue weighted by molar-refractivity contribution is 0.0497. The van der Waals surface area contributed by atoms with E-state index in [-0.39, 0.29) is 5.97 Å². The van der Waals surface area contributed by atoms with E-state index in [1.807, 2.05) is 43.3 Å². The average Bonchev–Trinajstić information content (AvgIpc) is 2.62. The van der Waals surface area contributed by atoms with E-state index in [1.165, 1.54) is 38.5 Å². The number of aliphatic hydroxyl groups is 1. The van der Waals surface area contributed by atoms with Crippen LogP contribution in [0.1, 0.15) is 74.6 Å². The Hall–Kier alpha value is -1.55. The number of hydrogen-bond donors (Lipinski definition) is 1. The van der Waals surface area contributed by atoms with Gasteiger partial charge < -0.3 is 14.7 Å². The highest BCUT2D eigenvalue weighted by Crippen LogP contribution is 2.14. The molecule has 0 unspecified atom stereocenters. The molecule has 0 aliphatic heterocycles. The largest absolute Gasteiger partial charge is 0.462 e. The van der Waals surface area contributed by atoms with Crippen molar-refractivity contribution in [1.29, 1.82) is 0 Å². The number of ether oxygens (including phenoxy) is 1. The minimum Gasteiger partial charge on any atom is -0.462 e. The molecule has 1 N–H and O–H groups in total. The summed E-state index contributed by atoms with van der Waals surface area (Å²) >= 11 is 0. The number of benzene rings is 1. The molecule has 0 radical (unpaired) electrons. The van der Waals surface area contributed by atoms with E-state index in [4.69, 9.17) is 9.84 Å². The van der Waals surface area contributed by atoms with Crippen molar-refractivity contribution < 1.29 is 14.6 Å². The third-order valence-corrected chi connectivity index (χ3v) is 4.41. The van der Waals surface area contributed by atoms with Crippen LogP contribution in [0.4, 0.5) is 5.69 Å². The van der Waals surface area contributed by atoms with Crippen molar-refractivity contribution in [3.63, 3.8) is 0 Å². The number of nitrogens with zero attached hydrogens (tertiary/aromatic N) is 1. The van der Waals surface area contributed by atoms with Crippen LogP contribution >= 0.6 is 0 Å². The van der Waals surface area contributed by atoms with Crippen molar-refractivity contribution in [2.24, 2.45) is 0 Å². The Labute approximate surface area is 153 Å². The predicted molar refractivity (Wildman–Crippen MR) is 104 cm³/mol. The molecule has 0 saturated carbocycles. The van der Waals surface area contributed by atoms with Crippen LogP contribution in [-0.4, -0.2) is 38.4 Å². The summed E-state index contributed by atoms with van der Waals surface area (Å²) in [6, 6.07) is 7.50. The maximum Gasteiger partial charge on any atom is 0.338 e. The number of esters is 1. The molecule has 4 heteroatoms. The molecule has 0 aromatic heterocycles. The van der Waals surface area contributed by atoms with Crippen LogP contribution in [0.5, 0.6) is 0 Å². The molecule has 1 aromatic carbocycles. The van der Waals surface area contributed by atoms with Gasteiger partial charge in [0.05, 0.1) is 12.2 Å². The lowest BCUT2D eigenvalue weighted by atomic mass is 10.1. The minimum absolute atomic E-state index is 0.229. The Kier molecular flexibility index (Phi) is 11.8. The van der Waals surface area contributed by atoms with Crippen LogP contribution in [0.3, 0.4) is 0 Å². The second kappa shape index (κ2) is 13.7. The van der Waals surface area contributed by atoms with Crippen LogP contribution < -0.4 is 4.90 Å². The number of unbranched alkanes of at least 4 members (excludes halogenated alkanes) is 9. The van der Waals surface area contributed by atoms with Gasteiger partial charge in [0.15, 0.2) is 0 Å². The quantitative estimate of drug-likeness (QED) is 0.387. The van der Waals surface area contributed by atoms with Gasteiger partial charge in [0, 0.05) is 26.4 Å². The molecule has 1 aromatic rings. The molecule has 0 atom stereocenters. The Morgan fingerprint density at radius 3 is 1.80 bits per heavy atom. The molecule has 0 aliphatic carbocycles. The fourth-order valence-electron chi connectivity index (χ4n) is 2.77. The standard InChI is InChI=1S/C21H35NO3/c1-22(2)20-15-13-19(14-16-20)21(24)25-18-12-10-8-6-4-3-5-7-9-11-17-23/h13-16,23H,3-12,17-18H2,1-2H3. The normalized spacial score (nSPS) is 10.7. The number of carbonyl (C=O) groups is 1. The number of rotatable bonds is 14. The Morgan fingerprint density at radius 2 is 1.32 bits per heavy atom. The van der Waals surface area contributed by atoms with Crippen molar-refractivity contribution in [2.75, 3.05) is 32.2 Å². The maximum absolute atomic E-state index is 12.0. The van der Waals surface area contributed by atoms with Crippen molar-refractivity contribution in [2.45, 2.75) is 64.2 Å². The lowest BCUT2D eigenvalue weighted by Gasteiger charge is -2.12. The van der Waals surface area contributed by atoms with Gasteiger partial charge >= 0.3 is 5.97 Å². The summed E-state index contributed by atoms with van der Waals surface area (Å²) in [6.07, 6.45) is 11.7. The Morgan fingerprint density at radius 1 is 0.840 bits per heavy atom. The zero-order valence-electron chi connectivity index (χ0n) is 16.0. The van der Waals surface area contributed by atoms with Crippen LogP contribution in [0.25, 0.3) is 0 Å². The van der Waals surface area contributed by atoms with Crippen LogP contribution in [0.2, 0.25) is 0 Å². The minimum atomic E-state index is -0.229. The van der Waals surface area contributed by atoms with E-state index in [0.29, 0.717) is 18.8 Å². The third-order valence-electron chi connectivity index (χ3n) is 4.41. The monoisotopic (exact) mass is 349 g/mol. The second-order valence-corrected chi connectivity index (χ2v) is 6.84. The van der Waals surface area contributed by atoms with Gasteiger partial charge in [-0.3, -0.25) is 0 Å². The molecule has 0 amide bonds. The summed E-state index contributed by atoms with van der Waals surface area (Å²) in [5.74, 6) is -0.229. The highest BCUT2D eigenvalue weighted by Gasteiger charge is 2.07. The fraction of sp³-hybridized carbons (Fsp3) is 0.667. The first-order chi connectivity index (χ1) is 12.1. The highest BCUT2D eigenvalue weighted by molar-refractivity contribution is 5.89. The van der Waals surface area contributed by atoms with Crippen LogP contribution in [-0.2, 0) is 4.74 Å². The van der Waals surface area contributed by atoms with E-state index >= 15 is 0 Å². The smallest absolute Gasteiger partial charge is 0.338 e. The summed E-state index contributed by atoms with van der Waals surface area (Å²) in [5, 5.41) is 8.71. The number of carbonyl (C=O) groups excluding carboxylic acids is 1. The van der Waals surface area contributed by atoms with Crippen molar-refractivity contribution in [1.82, 2.24) is 0 Å². The van der Waals surface area contributed by atoms with E-state index in [0.717, 1.165) is 31.4 Å². The second-order valence-electron chi connectivity index (χ2n) is 6.84. The molecular weight excluding hydrogens is 314 g/mol. The molecule has 0 saturated heterocycles. The average molecular weight is 350 g/mol. The highest BCUT2D eigenvalue weighted by atomic mass is 16.5. The Balaban J connectivity index is 1.98. The van der Waals surface area contributed by atoms with E-state index in [9.17, 15) is 4.79 Å². The molecule has 25 heavy (non-hydrogen) atoms. The molecule has 0 bridgehead atoms. The lowest BCUT2D eigenvalue weighted by Crippen LogP contribution is -2.10. The fourth-order valence-corrected chi connectivity index (χ4v) is 2.77. The summed E-state index contributed by atoms with van der Waals surface area (Å²) in [7, 11) is 3.95. The number of anilines is 1. The van der Waals surface area contributed by atoms with Crippen molar-refractivity contribution >= 4 is 11.7 Å². The first-order valence-electron chi connectivity index (χ1n) is 9.70. The molecule has 4 nitrogen and oxygen atoms in total. The van der Waals surface area contributed by atoms with Gasteiger partial charge in [-0.1, -0.05) is 51.4 Å². The predicted octanol–water partition coefficient (Wildman–Crippen LogP) is 4.80. The van der Waals surface area contributed by atoms with E-state index in [1.54, 1.807) is 0 Å². The summed E-state index contributed by atoms with van der Waals surface area (Å²) < 4.78 is 5.34. The van der Waals surface area contributed by atoms with Crippen molar-refractivity contribution in [3.8, 4) is 0 Å². The first kappa shape index (κ1) is 21.5. The summed E-state index contributed by atoms with van der Waals surface area (Å²) in [4.78, 5) is 14.0. The molecule has 1 rings (SSSR count).